The number of nitrogens with one attached hydrogen (secondary N) is 2. The second-order valence-corrected chi connectivity index (χ2v) is 21.3. The number of hydrogen-bond acceptors (Lipinski definition) is 8. The molecule has 1 amide bonds. The summed E-state index contributed by atoms with van der Waals surface area (Å²) in [6.45, 7) is 2.14. The van der Waals surface area contributed by atoms with Crippen molar-refractivity contribution in [1.82, 2.24) is 29.9 Å². The minimum atomic E-state index is -4.00. The van der Waals surface area contributed by atoms with Crippen LogP contribution in [0, 0.1) is 29.4 Å². The number of halogens is 8. The molecule has 3 atom stereocenters. The maximum atomic E-state index is 15.5. The number of amides is 1. The minimum Gasteiger partial charge on any atom is -0.346 e. The van der Waals surface area contributed by atoms with Crippen LogP contribution in [0.4, 0.5) is 40.9 Å². The van der Waals surface area contributed by atoms with E-state index in [0.29, 0.717) is 23.6 Å². The molecule has 340 valence electrons. The van der Waals surface area contributed by atoms with Crippen molar-refractivity contribution in [3.63, 3.8) is 0 Å². The second-order valence-electron chi connectivity index (χ2n) is 16.5. The van der Waals surface area contributed by atoms with Gasteiger partial charge < -0.3 is 5.32 Å². The van der Waals surface area contributed by atoms with Gasteiger partial charge in [0.15, 0.2) is 15.7 Å². The molecule has 0 bridgehead atoms. The number of hydrogen-bond donors (Lipinski definition) is 2. The summed E-state index contributed by atoms with van der Waals surface area (Å²) in [7, 11) is -7.73. The molecule has 3 aliphatic rings. The van der Waals surface area contributed by atoms with Crippen LogP contribution in [0.1, 0.15) is 92.3 Å². The topological polar surface area (TPSA) is 158 Å². The molecule has 3 aromatic heterocycles. The van der Waals surface area contributed by atoms with Gasteiger partial charge >= 0.3 is 0 Å². The highest BCUT2D eigenvalue weighted by Gasteiger charge is 2.67. The number of nitrogens with zero attached hydrogens (tertiary/aromatic N) is 5. The Hall–Kier alpha value is -5.56. The Morgan fingerprint density at radius 3 is 2.30 bits per heavy atom. The third kappa shape index (κ3) is 8.43. The van der Waals surface area contributed by atoms with Crippen LogP contribution in [0.3, 0.4) is 0 Å². The van der Waals surface area contributed by atoms with Gasteiger partial charge in [-0.2, -0.15) is 19.0 Å². The molecule has 0 aliphatic heterocycles. The minimum absolute atomic E-state index is 0.0316. The maximum absolute atomic E-state index is 15.5. The number of para-hydroxylation sites is 1. The molecule has 5 aromatic rings. The molecule has 8 rings (SSSR count). The lowest BCUT2D eigenvalue weighted by Gasteiger charge is -2.23. The van der Waals surface area contributed by atoms with Gasteiger partial charge in [0.1, 0.15) is 46.6 Å². The zero-order valence-corrected chi connectivity index (χ0v) is 35.8. The highest BCUT2D eigenvalue weighted by Crippen LogP contribution is 2.68. The number of pyridine rings is 1. The average molecular weight is 938 g/mol. The van der Waals surface area contributed by atoms with Crippen LogP contribution < -0.4 is 10.0 Å². The summed E-state index contributed by atoms with van der Waals surface area (Å²) in [5.41, 5.74) is -2.23. The number of anilines is 1. The predicted octanol–water partition coefficient (Wildman–Crippen LogP) is 7.55. The van der Waals surface area contributed by atoms with E-state index in [9.17, 15) is 48.0 Å². The van der Waals surface area contributed by atoms with Gasteiger partial charge in [0, 0.05) is 34.1 Å². The van der Waals surface area contributed by atoms with Crippen molar-refractivity contribution >= 4 is 42.5 Å². The molecule has 3 aliphatic carbocycles. The fraction of sp³-hybridized carbons (Fsp3) is 0.429. The fourth-order valence-electron chi connectivity index (χ4n) is 8.26. The fourth-order valence-corrected chi connectivity index (χ4v) is 10.6. The first-order valence-electron chi connectivity index (χ1n) is 20.1. The van der Waals surface area contributed by atoms with Gasteiger partial charge in [-0.25, -0.2) is 48.2 Å². The molecule has 2 fully saturated rings. The third-order valence-corrected chi connectivity index (χ3v) is 15.7. The Balaban J connectivity index is 1.30. The number of alkyl halides is 6. The molecule has 12 nitrogen and oxygen atoms in total. The van der Waals surface area contributed by atoms with Gasteiger partial charge in [0.25, 0.3) is 18.8 Å². The van der Waals surface area contributed by atoms with Crippen LogP contribution >= 0.6 is 0 Å². The number of aromatic nitrogens is 5. The van der Waals surface area contributed by atoms with E-state index >= 15 is 8.78 Å². The summed E-state index contributed by atoms with van der Waals surface area (Å²) in [6, 6.07) is 8.09. The highest BCUT2D eigenvalue weighted by atomic mass is 32.2. The monoisotopic (exact) mass is 937 g/mol. The lowest BCUT2D eigenvalue weighted by molar-refractivity contribution is -0.123. The molecule has 0 saturated heterocycles. The van der Waals surface area contributed by atoms with Crippen molar-refractivity contribution in [1.29, 1.82) is 0 Å². The zero-order chi connectivity index (χ0) is 46.3. The molecule has 2 N–H and O–H groups in total. The van der Waals surface area contributed by atoms with Crippen molar-refractivity contribution in [2.45, 2.75) is 100 Å². The molecule has 1 unspecified atom stereocenters. The van der Waals surface area contributed by atoms with Crippen LogP contribution in [0.2, 0.25) is 0 Å². The molecule has 22 heteroatoms. The first-order chi connectivity index (χ1) is 30.0. The Morgan fingerprint density at radius 1 is 0.953 bits per heavy atom. The highest BCUT2D eigenvalue weighted by molar-refractivity contribution is 7.94. The van der Waals surface area contributed by atoms with E-state index in [1.165, 1.54) is 51.1 Å². The summed E-state index contributed by atoms with van der Waals surface area (Å²) in [5.74, 6) is -3.96. The van der Waals surface area contributed by atoms with Gasteiger partial charge in [-0.1, -0.05) is 18.1 Å². The lowest BCUT2D eigenvalue weighted by atomic mass is 9.93. The summed E-state index contributed by atoms with van der Waals surface area (Å²) in [5, 5.41) is 9.98. The van der Waals surface area contributed by atoms with Crippen molar-refractivity contribution < 1.29 is 56.8 Å². The normalized spacial score (nSPS) is 18.5. The number of rotatable bonds is 15. The second kappa shape index (κ2) is 16.2. The first-order valence-corrected chi connectivity index (χ1v) is 23.3. The Bertz CT molecular complexity index is 2980. The van der Waals surface area contributed by atoms with Gasteiger partial charge in [-0.15, -0.1) is 0 Å². The number of benzene rings is 2. The van der Waals surface area contributed by atoms with E-state index in [4.69, 9.17) is 4.98 Å². The molecular formula is C42H39F8N7O5S2. The van der Waals surface area contributed by atoms with E-state index in [0.717, 1.165) is 16.8 Å². The predicted molar refractivity (Wildman–Crippen MR) is 218 cm³/mol. The van der Waals surface area contributed by atoms with Crippen LogP contribution in [-0.4, -0.2) is 69.5 Å². The van der Waals surface area contributed by atoms with Crippen molar-refractivity contribution in [2.24, 2.45) is 5.92 Å². The zero-order valence-electron chi connectivity index (χ0n) is 34.2. The van der Waals surface area contributed by atoms with Crippen LogP contribution in [0.15, 0.2) is 48.5 Å². The SMILES string of the molecule is CCS(=O)(=O)Nc1nn(CC(F)F)c2c(-c3ccc(C#CC(C)(C)S(=O)(=O)C4CC4)nc3[C@H](Cc3cc(F)cc(F)c3)NC(=O)Cn3nc(C(F)F)c4c3C(F)(F)C3C[C@H]43)cccc12. The van der Waals surface area contributed by atoms with E-state index in [1.807, 2.05) is 0 Å². The molecule has 64 heavy (non-hydrogen) atoms. The van der Waals surface area contributed by atoms with E-state index in [1.54, 1.807) is 0 Å². The standard InChI is InChI=1S/C42H39F8N7O5S2/c1-4-63(59,60)55-40-28-7-5-6-27(37(28)56(54-40)19-32(45)46)26-11-8-24(12-13-41(2,3)64(61,62)25-9-10-25)51-35(26)31(16-21-14-22(43)17-23(44)15-21)52-33(58)20-57-38-34(36(53-57)39(47)48)29-18-30(29)42(38,49)50/h5-8,11,14-15,17,25,29-32,39H,4,9-10,16,18-20H2,1-3H3,(H,52,58)(H,54,55)/t29-,30?,31-/m0/s1. The van der Waals surface area contributed by atoms with Gasteiger partial charge in [0.2, 0.25) is 15.9 Å². The average Bonchev–Trinajstić information content (AvgIpc) is 4.13. The number of carbonyl (C=O) groups excluding carboxylic acids is 1. The number of sulfone groups is 1. The van der Waals surface area contributed by atoms with E-state index < -0.39 is 121 Å². The van der Waals surface area contributed by atoms with Gasteiger partial charge in [-0.3, -0.25) is 18.9 Å². The summed E-state index contributed by atoms with van der Waals surface area (Å²) in [6.07, 6.45) is -5.82. The molecule has 2 aromatic carbocycles. The molecular weight excluding hydrogens is 899 g/mol. The molecule has 3 heterocycles. The summed E-state index contributed by atoms with van der Waals surface area (Å²) < 4.78 is 171. The quantitative estimate of drug-likeness (QED) is 0.0805. The van der Waals surface area contributed by atoms with E-state index in [-0.39, 0.29) is 56.8 Å². The molecule has 2 saturated carbocycles. The third-order valence-electron chi connectivity index (χ3n) is 11.6. The number of fused-ring (bicyclic) bond motifs is 4. The van der Waals surface area contributed by atoms with Gasteiger partial charge in [0.05, 0.1) is 28.3 Å². The Labute approximate surface area is 361 Å². The smallest absolute Gasteiger partial charge is 0.293 e. The Kier molecular flexibility index (Phi) is 11.4. The number of sulfonamides is 1. The van der Waals surface area contributed by atoms with Crippen LogP contribution in [-0.2, 0) is 50.1 Å². The summed E-state index contributed by atoms with van der Waals surface area (Å²) >= 11 is 0. The first kappa shape index (κ1) is 45.0. The summed E-state index contributed by atoms with van der Waals surface area (Å²) in [4.78, 5) is 18.8. The van der Waals surface area contributed by atoms with Crippen LogP contribution in [0.5, 0.6) is 0 Å². The Morgan fingerprint density at radius 2 is 1.66 bits per heavy atom. The van der Waals surface area contributed by atoms with Crippen LogP contribution in [0.25, 0.3) is 22.0 Å². The van der Waals surface area contributed by atoms with Gasteiger partial charge in [-0.05, 0) is 94.2 Å². The van der Waals surface area contributed by atoms with E-state index in [2.05, 4.69) is 32.1 Å². The van der Waals surface area contributed by atoms with Crippen molar-refractivity contribution in [2.75, 3.05) is 10.5 Å². The largest absolute Gasteiger partial charge is 0.346 e. The maximum Gasteiger partial charge on any atom is 0.293 e. The number of carbonyl (C=O) groups is 1. The molecule has 0 radical (unpaired) electrons. The molecule has 0 spiro atoms. The van der Waals surface area contributed by atoms with Crippen molar-refractivity contribution in [3.8, 4) is 23.0 Å². The van der Waals surface area contributed by atoms with Crippen molar-refractivity contribution in [3.05, 3.63) is 94.1 Å². The lowest BCUT2D eigenvalue weighted by Crippen LogP contribution is -2.35.